The van der Waals surface area contributed by atoms with Gasteiger partial charge in [-0.15, -0.1) is 0 Å². The molecule has 0 aromatic rings. The molecule has 1 rings (SSSR count). The third kappa shape index (κ3) is 7.59. The van der Waals surface area contributed by atoms with Gasteiger partial charge in [-0.3, -0.25) is 24.7 Å². The van der Waals surface area contributed by atoms with Gasteiger partial charge in [0.2, 0.25) is 17.7 Å². The van der Waals surface area contributed by atoms with Crippen molar-refractivity contribution in [3.63, 3.8) is 0 Å². The number of amides is 3. The van der Waals surface area contributed by atoms with E-state index >= 15 is 0 Å². The molecule has 23 heavy (non-hydrogen) atoms. The van der Waals surface area contributed by atoms with Crippen LogP contribution in [-0.4, -0.2) is 36.2 Å². The van der Waals surface area contributed by atoms with Crippen molar-refractivity contribution in [2.45, 2.75) is 71.1 Å². The number of hydrogen-bond donors (Lipinski definition) is 2. The average Bonchev–Trinajstić information content (AvgIpc) is 2.75. The van der Waals surface area contributed by atoms with Crippen LogP contribution >= 0.6 is 0 Å². The Balaban J connectivity index is 1.89. The van der Waals surface area contributed by atoms with Gasteiger partial charge in [0, 0.05) is 32.4 Å². The number of unbranched alkanes of at least 4 members (excludes halogenated alkanes) is 7. The number of hydrogen-bond acceptors (Lipinski definition) is 4. The molecule has 1 atom stereocenters. The smallest absolute Gasteiger partial charge is 0.234 e. The highest BCUT2D eigenvalue weighted by molar-refractivity contribution is 6.03. The van der Waals surface area contributed by atoms with Crippen LogP contribution in [0.4, 0.5) is 0 Å². The third-order valence-electron chi connectivity index (χ3n) is 4.27. The minimum atomic E-state index is -0.127. The number of carbonyl (C=O) groups is 3. The lowest BCUT2D eigenvalue weighted by Gasteiger charge is -2.13. The van der Waals surface area contributed by atoms with Gasteiger partial charge in [0.15, 0.2) is 0 Å². The molecule has 0 spiro atoms. The first-order chi connectivity index (χ1) is 11.1. The number of hydrazine groups is 1. The van der Waals surface area contributed by atoms with E-state index in [-0.39, 0.29) is 23.6 Å². The van der Waals surface area contributed by atoms with Crippen molar-refractivity contribution in [1.29, 1.82) is 0 Å². The molecule has 0 aromatic carbocycles. The Morgan fingerprint density at radius 1 is 1.04 bits per heavy atom. The minimum absolute atomic E-state index is 0.00249. The van der Waals surface area contributed by atoms with E-state index in [0.717, 1.165) is 38.5 Å². The molecule has 0 radical (unpaired) electrons. The van der Waals surface area contributed by atoms with Crippen molar-refractivity contribution in [2.75, 3.05) is 13.6 Å². The minimum Gasteiger partial charge on any atom is -0.292 e. The number of imide groups is 1. The topological polar surface area (TPSA) is 78.5 Å². The number of carbonyl (C=O) groups excluding carboxylic acids is 3. The maximum Gasteiger partial charge on any atom is 0.234 e. The molecule has 1 aliphatic rings. The largest absolute Gasteiger partial charge is 0.292 e. The summed E-state index contributed by atoms with van der Waals surface area (Å²) in [4.78, 5) is 36.0. The average molecular weight is 325 g/mol. The van der Waals surface area contributed by atoms with Crippen LogP contribution in [0.1, 0.15) is 71.1 Å². The molecule has 2 N–H and O–H groups in total. The normalized spacial score (nSPS) is 17.8. The summed E-state index contributed by atoms with van der Waals surface area (Å²) in [5, 5.41) is 0. The third-order valence-corrected chi connectivity index (χ3v) is 4.27. The summed E-state index contributed by atoms with van der Waals surface area (Å²) in [6, 6.07) is 0. The molecule has 132 valence electrons. The van der Waals surface area contributed by atoms with Gasteiger partial charge in [-0.1, -0.05) is 45.4 Å². The molecule has 1 aliphatic heterocycles. The summed E-state index contributed by atoms with van der Waals surface area (Å²) in [5.74, 6) is -0.0902. The van der Waals surface area contributed by atoms with Crippen molar-refractivity contribution in [1.82, 2.24) is 15.8 Å². The van der Waals surface area contributed by atoms with Crippen LogP contribution in [0.15, 0.2) is 0 Å². The first-order valence-electron chi connectivity index (χ1n) is 8.86. The molecule has 0 aliphatic carbocycles. The lowest BCUT2D eigenvalue weighted by Crippen LogP contribution is -2.33. The maximum absolute atomic E-state index is 11.7. The lowest BCUT2D eigenvalue weighted by molar-refractivity contribution is -0.139. The van der Waals surface area contributed by atoms with Crippen LogP contribution in [-0.2, 0) is 14.4 Å². The molecule has 6 heteroatoms. The zero-order valence-electron chi connectivity index (χ0n) is 14.5. The van der Waals surface area contributed by atoms with Gasteiger partial charge in [0.05, 0.1) is 0 Å². The van der Waals surface area contributed by atoms with E-state index in [1.54, 1.807) is 7.05 Å². The number of likely N-dealkylation sites (tertiary alicyclic amines) is 1. The van der Waals surface area contributed by atoms with Crippen LogP contribution in [0.2, 0.25) is 0 Å². The Morgan fingerprint density at radius 3 is 2.13 bits per heavy atom. The molecule has 1 saturated heterocycles. The highest BCUT2D eigenvalue weighted by atomic mass is 16.2. The van der Waals surface area contributed by atoms with Gasteiger partial charge >= 0.3 is 0 Å². The first kappa shape index (κ1) is 19.6. The quantitative estimate of drug-likeness (QED) is 0.327. The summed E-state index contributed by atoms with van der Waals surface area (Å²) >= 11 is 0. The molecule has 1 fully saturated rings. The van der Waals surface area contributed by atoms with E-state index in [1.807, 2.05) is 6.92 Å². The van der Waals surface area contributed by atoms with Crippen molar-refractivity contribution in [3.05, 3.63) is 0 Å². The molecule has 6 nitrogen and oxygen atoms in total. The van der Waals surface area contributed by atoms with Crippen LogP contribution in [0.3, 0.4) is 0 Å². The fraction of sp³-hybridized carbons (Fsp3) is 0.824. The molecule has 3 amide bonds. The number of rotatable bonds is 12. The van der Waals surface area contributed by atoms with Gasteiger partial charge in [0.25, 0.3) is 0 Å². The van der Waals surface area contributed by atoms with Crippen LogP contribution in [0, 0.1) is 5.92 Å². The summed E-state index contributed by atoms with van der Waals surface area (Å²) in [7, 11) is 1.69. The van der Waals surface area contributed by atoms with Gasteiger partial charge in [-0.05, 0) is 12.8 Å². The van der Waals surface area contributed by atoms with Crippen molar-refractivity contribution >= 4 is 17.7 Å². The maximum atomic E-state index is 11.7. The fourth-order valence-electron chi connectivity index (χ4n) is 2.90. The Labute approximate surface area is 139 Å². The molecular weight excluding hydrogens is 294 g/mol. The number of nitrogens with zero attached hydrogens (tertiary/aromatic N) is 1. The Kier molecular flexibility index (Phi) is 9.52. The van der Waals surface area contributed by atoms with Crippen LogP contribution in [0.25, 0.3) is 0 Å². The fourth-order valence-corrected chi connectivity index (χ4v) is 2.90. The van der Waals surface area contributed by atoms with E-state index in [4.69, 9.17) is 0 Å². The van der Waals surface area contributed by atoms with Crippen LogP contribution < -0.4 is 10.9 Å². The van der Waals surface area contributed by atoms with E-state index in [2.05, 4.69) is 10.9 Å². The van der Waals surface area contributed by atoms with Gasteiger partial charge < -0.3 is 0 Å². The lowest BCUT2D eigenvalue weighted by atomic mass is 10.1. The van der Waals surface area contributed by atoms with E-state index < -0.39 is 0 Å². The van der Waals surface area contributed by atoms with Crippen molar-refractivity contribution in [2.24, 2.45) is 5.92 Å². The van der Waals surface area contributed by atoms with Gasteiger partial charge in [-0.2, -0.15) is 0 Å². The molecule has 1 heterocycles. The number of nitrogens with one attached hydrogen (secondary N) is 2. The summed E-state index contributed by atoms with van der Waals surface area (Å²) in [5.41, 5.74) is 5.19. The zero-order valence-corrected chi connectivity index (χ0v) is 14.5. The molecular formula is C17H31N3O3. The second-order valence-electron chi connectivity index (χ2n) is 6.37. The van der Waals surface area contributed by atoms with E-state index in [0.29, 0.717) is 19.4 Å². The second kappa shape index (κ2) is 11.2. The van der Waals surface area contributed by atoms with E-state index in [9.17, 15) is 14.4 Å². The van der Waals surface area contributed by atoms with Crippen molar-refractivity contribution in [3.8, 4) is 0 Å². The highest BCUT2D eigenvalue weighted by Gasteiger charge is 2.34. The second-order valence-corrected chi connectivity index (χ2v) is 6.37. The molecule has 0 saturated carbocycles. The summed E-state index contributed by atoms with van der Waals surface area (Å²) < 4.78 is 0. The van der Waals surface area contributed by atoms with Crippen LogP contribution in [0.5, 0.6) is 0 Å². The SMILES string of the molecule is CNNC(=O)CCCCCCCCCCN1C(=O)CC(C)C1=O. The predicted octanol–water partition coefficient (Wildman–Crippen LogP) is 2.14. The summed E-state index contributed by atoms with van der Waals surface area (Å²) in [6.45, 7) is 2.41. The Morgan fingerprint density at radius 2 is 1.61 bits per heavy atom. The first-order valence-corrected chi connectivity index (χ1v) is 8.86. The predicted molar refractivity (Wildman–Crippen MR) is 89.3 cm³/mol. The zero-order chi connectivity index (χ0) is 17.1. The molecule has 1 unspecified atom stereocenters. The van der Waals surface area contributed by atoms with E-state index in [1.165, 1.54) is 17.7 Å². The molecule has 0 aromatic heterocycles. The van der Waals surface area contributed by atoms with Gasteiger partial charge in [-0.25, -0.2) is 5.43 Å². The molecule has 0 bridgehead atoms. The monoisotopic (exact) mass is 325 g/mol. The van der Waals surface area contributed by atoms with Crippen molar-refractivity contribution < 1.29 is 14.4 Å². The van der Waals surface area contributed by atoms with Gasteiger partial charge in [0.1, 0.15) is 0 Å². The standard InChI is InChI=1S/C17H31N3O3/c1-14-13-16(22)20(17(14)23)12-10-8-6-4-3-5-7-9-11-15(21)19-18-2/h14,18H,3-13H2,1-2H3,(H,19,21). The highest BCUT2D eigenvalue weighted by Crippen LogP contribution is 2.19. The Bertz CT molecular complexity index is 399. The Hall–Kier alpha value is -1.43. The summed E-state index contributed by atoms with van der Waals surface area (Å²) in [6.07, 6.45) is 9.64.